The Hall–Kier alpha value is -2.50. The van der Waals surface area contributed by atoms with Crippen LogP contribution in [-0.2, 0) is 12.0 Å². The summed E-state index contributed by atoms with van der Waals surface area (Å²) in [7, 11) is 1.74. The monoisotopic (exact) mass is 391 g/mol. The van der Waals surface area contributed by atoms with Gasteiger partial charge in [-0.3, -0.25) is 0 Å². The lowest BCUT2D eigenvalue weighted by Gasteiger charge is -2.35. The number of benzene rings is 2. The number of H-pyrrole nitrogens is 1. The Bertz CT molecular complexity index is 984. The predicted molar refractivity (Wildman–Crippen MR) is 116 cm³/mol. The normalized spacial score (nSPS) is 21.6. The van der Waals surface area contributed by atoms with Crippen LogP contribution in [0, 0.1) is 0 Å². The van der Waals surface area contributed by atoms with Crippen molar-refractivity contribution < 1.29 is 9.47 Å². The van der Waals surface area contributed by atoms with Gasteiger partial charge in [0.2, 0.25) is 0 Å². The third-order valence-electron chi connectivity index (χ3n) is 6.41. The minimum atomic E-state index is 0.0418. The summed E-state index contributed by atoms with van der Waals surface area (Å²) in [6.45, 7) is 5.03. The van der Waals surface area contributed by atoms with Gasteiger partial charge in [-0.2, -0.15) is 0 Å². The average Bonchev–Trinajstić information content (AvgIpc) is 3.34. The fourth-order valence-corrected chi connectivity index (χ4v) is 4.96. The number of fused-ring (bicyclic) bond motifs is 4. The topological polar surface area (TPSA) is 49.5 Å². The van der Waals surface area contributed by atoms with Crippen LogP contribution in [-0.4, -0.2) is 49.8 Å². The second-order valence-corrected chi connectivity index (χ2v) is 8.19. The van der Waals surface area contributed by atoms with Crippen LogP contribution < -0.4 is 14.8 Å². The van der Waals surface area contributed by atoms with Crippen LogP contribution in [0.1, 0.15) is 24.1 Å². The first-order valence-corrected chi connectivity index (χ1v) is 10.6. The molecule has 1 atom stereocenters. The molecule has 5 nitrogen and oxygen atoms in total. The van der Waals surface area contributed by atoms with Crippen LogP contribution in [0.4, 0.5) is 0 Å². The van der Waals surface area contributed by atoms with E-state index in [1.54, 1.807) is 7.11 Å². The summed E-state index contributed by atoms with van der Waals surface area (Å²) in [6, 6.07) is 16.4. The van der Waals surface area contributed by atoms with Crippen molar-refractivity contribution in [2.45, 2.75) is 24.8 Å². The number of aromatic amines is 1. The fourth-order valence-electron chi connectivity index (χ4n) is 4.96. The molecule has 29 heavy (non-hydrogen) atoms. The highest BCUT2D eigenvalue weighted by Crippen LogP contribution is 2.40. The number of nitrogens with zero attached hydrogens (tertiary/aromatic N) is 1. The fraction of sp³-hybridized carbons (Fsp3) is 0.417. The number of rotatable bonds is 6. The van der Waals surface area contributed by atoms with Crippen molar-refractivity contribution in [3.05, 3.63) is 59.8 Å². The van der Waals surface area contributed by atoms with Gasteiger partial charge in [-0.25, -0.2) is 0 Å². The summed E-state index contributed by atoms with van der Waals surface area (Å²) in [5.41, 5.74) is 4.11. The Morgan fingerprint density at radius 2 is 2.00 bits per heavy atom. The van der Waals surface area contributed by atoms with Crippen LogP contribution >= 0.6 is 0 Å². The molecule has 152 valence electrons. The number of methoxy groups -OCH3 is 1. The van der Waals surface area contributed by atoms with Gasteiger partial charge in [0.05, 0.1) is 19.3 Å². The van der Waals surface area contributed by atoms with Crippen LogP contribution in [0.25, 0.3) is 10.9 Å². The largest absolute Gasteiger partial charge is 0.497 e. The molecule has 1 aromatic heterocycles. The molecule has 5 heteroatoms. The van der Waals surface area contributed by atoms with E-state index >= 15 is 0 Å². The number of aromatic nitrogens is 1. The molecule has 1 fully saturated rings. The zero-order chi connectivity index (χ0) is 19.7. The summed E-state index contributed by atoms with van der Waals surface area (Å²) in [5.74, 6) is 1.89. The molecule has 1 saturated heterocycles. The van der Waals surface area contributed by atoms with E-state index in [-0.39, 0.29) is 5.54 Å². The maximum Gasteiger partial charge on any atom is 0.119 e. The van der Waals surface area contributed by atoms with Gasteiger partial charge in [-0.05, 0) is 55.2 Å². The third-order valence-corrected chi connectivity index (χ3v) is 6.41. The van der Waals surface area contributed by atoms with E-state index < -0.39 is 0 Å². The Kier molecular flexibility index (Phi) is 4.94. The van der Waals surface area contributed by atoms with Crippen molar-refractivity contribution in [2.75, 3.05) is 39.9 Å². The van der Waals surface area contributed by atoms with Crippen molar-refractivity contribution in [2.24, 2.45) is 0 Å². The molecular weight excluding hydrogens is 362 g/mol. The SMILES string of the molecule is COc1ccc2[nH]c3c(c2c1)CCNC31CCN(CCCOc2ccccc2)C1. The van der Waals surface area contributed by atoms with Crippen molar-refractivity contribution >= 4 is 10.9 Å². The smallest absolute Gasteiger partial charge is 0.119 e. The molecule has 1 unspecified atom stereocenters. The van der Waals surface area contributed by atoms with Gasteiger partial charge >= 0.3 is 0 Å². The quantitative estimate of drug-likeness (QED) is 0.629. The standard InChI is InChI=1S/C24H29N3O2/c1-28-19-8-9-22-21(16-19)20-10-12-25-24(23(20)26-22)11-14-27(17-24)13-5-15-29-18-6-3-2-4-7-18/h2-4,6-9,16,25-26H,5,10-15,17H2,1H3. The zero-order valence-corrected chi connectivity index (χ0v) is 17.0. The minimum Gasteiger partial charge on any atom is -0.497 e. The Balaban J connectivity index is 1.27. The van der Waals surface area contributed by atoms with E-state index in [9.17, 15) is 0 Å². The number of hydrogen-bond acceptors (Lipinski definition) is 4. The van der Waals surface area contributed by atoms with Crippen LogP contribution in [0.5, 0.6) is 11.5 Å². The van der Waals surface area contributed by atoms with Gasteiger partial charge in [0.1, 0.15) is 11.5 Å². The van der Waals surface area contributed by atoms with Gasteiger partial charge < -0.3 is 24.7 Å². The average molecular weight is 392 g/mol. The third kappa shape index (κ3) is 3.49. The summed E-state index contributed by atoms with van der Waals surface area (Å²) < 4.78 is 11.3. The van der Waals surface area contributed by atoms with Gasteiger partial charge in [-0.15, -0.1) is 0 Å². The van der Waals surface area contributed by atoms with E-state index in [1.807, 2.05) is 36.4 Å². The highest BCUT2D eigenvalue weighted by molar-refractivity contribution is 5.86. The first-order valence-electron chi connectivity index (χ1n) is 10.6. The molecule has 3 heterocycles. The minimum absolute atomic E-state index is 0.0418. The molecule has 0 saturated carbocycles. The second-order valence-electron chi connectivity index (χ2n) is 8.19. The lowest BCUT2D eigenvalue weighted by molar-refractivity contribution is 0.240. The van der Waals surface area contributed by atoms with Gasteiger partial charge in [0, 0.05) is 42.8 Å². The first kappa shape index (κ1) is 18.5. The summed E-state index contributed by atoms with van der Waals surface area (Å²) in [5, 5.41) is 5.17. The van der Waals surface area contributed by atoms with E-state index in [0.717, 1.165) is 63.5 Å². The molecule has 5 rings (SSSR count). The first-order chi connectivity index (χ1) is 14.3. The Labute approximate surface area is 172 Å². The van der Waals surface area contributed by atoms with Gasteiger partial charge in [0.25, 0.3) is 0 Å². The van der Waals surface area contributed by atoms with E-state index in [2.05, 4.69) is 27.3 Å². The molecule has 2 N–H and O–H groups in total. The maximum absolute atomic E-state index is 5.86. The predicted octanol–water partition coefficient (Wildman–Crippen LogP) is 3.69. The van der Waals surface area contributed by atoms with Crippen molar-refractivity contribution in [1.82, 2.24) is 15.2 Å². The molecule has 0 aliphatic carbocycles. The summed E-state index contributed by atoms with van der Waals surface area (Å²) in [6.07, 6.45) is 3.25. The zero-order valence-electron chi connectivity index (χ0n) is 17.0. The Morgan fingerprint density at radius 3 is 2.86 bits per heavy atom. The molecule has 2 aromatic carbocycles. The molecule has 1 spiro atoms. The molecule has 3 aromatic rings. The molecule has 0 amide bonds. The van der Waals surface area contributed by atoms with Crippen LogP contribution in [0.15, 0.2) is 48.5 Å². The van der Waals surface area contributed by atoms with Crippen molar-refractivity contribution in [1.29, 1.82) is 0 Å². The van der Waals surface area contributed by atoms with Crippen LogP contribution in [0.2, 0.25) is 0 Å². The molecule has 2 aliphatic heterocycles. The number of nitrogens with one attached hydrogen (secondary N) is 2. The molecule has 0 bridgehead atoms. The highest BCUT2D eigenvalue weighted by atomic mass is 16.5. The summed E-state index contributed by atoms with van der Waals surface area (Å²) >= 11 is 0. The van der Waals surface area contributed by atoms with Gasteiger partial charge in [-0.1, -0.05) is 18.2 Å². The van der Waals surface area contributed by atoms with E-state index in [4.69, 9.17) is 9.47 Å². The van der Waals surface area contributed by atoms with Crippen molar-refractivity contribution in [3.63, 3.8) is 0 Å². The van der Waals surface area contributed by atoms with E-state index in [0.29, 0.717) is 0 Å². The lowest BCUT2D eigenvalue weighted by atomic mass is 9.86. The molecule has 0 radical (unpaired) electrons. The number of ether oxygens (including phenoxy) is 2. The Morgan fingerprint density at radius 1 is 1.10 bits per heavy atom. The molecule has 2 aliphatic rings. The molecular formula is C24H29N3O2. The number of hydrogen-bond donors (Lipinski definition) is 2. The lowest BCUT2D eigenvalue weighted by Crippen LogP contribution is -2.49. The summed E-state index contributed by atoms with van der Waals surface area (Å²) in [4.78, 5) is 6.31. The highest BCUT2D eigenvalue weighted by Gasteiger charge is 2.43. The van der Waals surface area contributed by atoms with Crippen LogP contribution in [0.3, 0.4) is 0 Å². The van der Waals surface area contributed by atoms with E-state index in [1.165, 1.54) is 22.2 Å². The maximum atomic E-state index is 5.86. The second kappa shape index (κ2) is 7.73. The van der Waals surface area contributed by atoms with Crippen molar-refractivity contribution in [3.8, 4) is 11.5 Å². The number of likely N-dealkylation sites (tertiary alicyclic amines) is 1. The van der Waals surface area contributed by atoms with Gasteiger partial charge in [0.15, 0.2) is 0 Å². The number of para-hydroxylation sites is 1.